The molecule has 4 heteroatoms. The molecule has 0 saturated carbocycles. The van der Waals surface area contributed by atoms with Crippen LogP contribution >= 0.6 is 0 Å². The second-order valence-corrected chi connectivity index (χ2v) is 7.72. The van der Waals surface area contributed by atoms with E-state index >= 15 is 0 Å². The Hall–Kier alpha value is -2.33. The molecule has 0 bridgehead atoms. The minimum Gasteiger partial charge on any atom is -0.486 e. The van der Waals surface area contributed by atoms with E-state index in [4.69, 9.17) is 4.74 Å². The summed E-state index contributed by atoms with van der Waals surface area (Å²) in [5, 5.41) is 4.71. The van der Waals surface area contributed by atoms with Crippen LogP contribution in [0, 0.1) is 5.82 Å². The standard InChI is InChI=1S/C22H27FN2O/c1-16(17-5-8-19(23)9-6-17)26-20-10-7-18-11-13-25(21(18)15-20)14-12-24-22(2,3)4/h5-11,13,15-16,24H,12,14H2,1-4H3. The summed E-state index contributed by atoms with van der Waals surface area (Å²) in [5.74, 6) is 0.585. The van der Waals surface area contributed by atoms with Gasteiger partial charge in [-0.3, -0.25) is 0 Å². The van der Waals surface area contributed by atoms with E-state index in [1.165, 1.54) is 17.5 Å². The van der Waals surface area contributed by atoms with E-state index < -0.39 is 0 Å². The second-order valence-electron chi connectivity index (χ2n) is 7.72. The molecule has 26 heavy (non-hydrogen) atoms. The van der Waals surface area contributed by atoms with Crippen LogP contribution in [0.4, 0.5) is 4.39 Å². The van der Waals surface area contributed by atoms with Crippen LogP contribution in [0.15, 0.2) is 54.7 Å². The lowest BCUT2D eigenvalue weighted by Gasteiger charge is -2.21. The van der Waals surface area contributed by atoms with Crippen molar-refractivity contribution in [3.8, 4) is 5.75 Å². The molecule has 1 atom stereocenters. The molecule has 1 heterocycles. The Kier molecular flexibility index (Phi) is 5.33. The zero-order chi connectivity index (χ0) is 18.7. The normalized spacial score (nSPS) is 13.1. The van der Waals surface area contributed by atoms with Crippen molar-refractivity contribution >= 4 is 10.9 Å². The van der Waals surface area contributed by atoms with Crippen molar-refractivity contribution in [3.63, 3.8) is 0 Å². The number of nitrogens with zero attached hydrogens (tertiary/aromatic N) is 1. The molecule has 138 valence electrons. The average molecular weight is 354 g/mol. The van der Waals surface area contributed by atoms with E-state index in [-0.39, 0.29) is 17.5 Å². The van der Waals surface area contributed by atoms with E-state index in [1.54, 1.807) is 12.1 Å². The highest BCUT2D eigenvalue weighted by atomic mass is 19.1. The summed E-state index contributed by atoms with van der Waals surface area (Å²) >= 11 is 0. The fraction of sp³-hybridized carbons (Fsp3) is 0.364. The maximum absolute atomic E-state index is 13.1. The van der Waals surface area contributed by atoms with Crippen LogP contribution < -0.4 is 10.1 Å². The molecule has 0 aliphatic rings. The molecular formula is C22H27FN2O. The van der Waals surface area contributed by atoms with Gasteiger partial charge in [-0.2, -0.15) is 0 Å². The molecule has 1 aromatic heterocycles. The first-order chi connectivity index (χ1) is 12.3. The van der Waals surface area contributed by atoms with Crippen molar-refractivity contribution in [2.75, 3.05) is 6.54 Å². The van der Waals surface area contributed by atoms with Gasteiger partial charge in [0.1, 0.15) is 17.7 Å². The molecule has 0 saturated heterocycles. The predicted octanol–water partition coefficient (Wildman–Crippen LogP) is 5.31. The van der Waals surface area contributed by atoms with Crippen LogP contribution in [0.25, 0.3) is 10.9 Å². The fourth-order valence-electron chi connectivity index (χ4n) is 2.99. The lowest BCUT2D eigenvalue weighted by molar-refractivity contribution is 0.227. The van der Waals surface area contributed by atoms with Crippen molar-refractivity contribution in [3.05, 3.63) is 66.1 Å². The smallest absolute Gasteiger partial charge is 0.123 e. The van der Waals surface area contributed by atoms with Crippen LogP contribution in [-0.2, 0) is 6.54 Å². The van der Waals surface area contributed by atoms with E-state index in [2.05, 4.69) is 55.1 Å². The number of hydrogen-bond acceptors (Lipinski definition) is 2. The van der Waals surface area contributed by atoms with Crippen molar-refractivity contribution in [2.24, 2.45) is 0 Å². The highest BCUT2D eigenvalue weighted by molar-refractivity contribution is 5.81. The van der Waals surface area contributed by atoms with Crippen LogP contribution in [0.1, 0.15) is 39.4 Å². The van der Waals surface area contributed by atoms with Crippen LogP contribution in [0.5, 0.6) is 5.75 Å². The fourth-order valence-corrected chi connectivity index (χ4v) is 2.99. The third-order valence-corrected chi connectivity index (χ3v) is 4.41. The third kappa shape index (κ3) is 4.64. The van der Waals surface area contributed by atoms with Crippen molar-refractivity contribution in [1.82, 2.24) is 9.88 Å². The highest BCUT2D eigenvalue weighted by Crippen LogP contribution is 2.26. The minimum atomic E-state index is -0.232. The topological polar surface area (TPSA) is 26.2 Å². The van der Waals surface area contributed by atoms with Gasteiger partial charge in [-0.25, -0.2) is 4.39 Å². The van der Waals surface area contributed by atoms with Crippen LogP contribution in [0.2, 0.25) is 0 Å². The molecule has 0 fully saturated rings. The van der Waals surface area contributed by atoms with Crippen LogP contribution in [-0.4, -0.2) is 16.7 Å². The van der Waals surface area contributed by atoms with Gasteiger partial charge >= 0.3 is 0 Å². The van der Waals surface area contributed by atoms with Crippen molar-refractivity contribution < 1.29 is 9.13 Å². The number of fused-ring (bicyclic) bond motifs is 1. The van der Waals surface area contributed by atoms with Gasteiger partial charge in [0.05, 0.1) is 5.52 Å². The lowest BCUT2D eigenvalue weighted by Crippen LogP contribution is -2.37. The number of ether oxygens (including phenoxy) is 1. The molecule has 1 unspecified atom stereocenters. The Labute approximate surface area is 154 Å². The largest absolute Gasteiger partial charge is 0.486 e. The number of hydrogen-bond donors (Lipinski definition) is 1. The first kappa shape index (κ1) is 18.5. The van der Waals surface area contributed by atoms with E-state index in [9.17, 15) is 4.39 Å². The molecule has 0 spiro atoms. The van der Waals surface area contributed by atoms with Crippen LogP contribution in [0.3, 0.4) is 0 Å². The summed E-state index contributed by atoms with van der Waals surface area (Å²) in [6, 6.07) is 14.7. The molecule has 3 aromatic rings. The maximum Gasteiger partial charge on any atom is 0.123 e. The Bertz CT molecular complexity index is 862. The summed E-state index contributed by atoms with van der Waals surface area (Å²) in [6.07, 6.45) is 1.97. The maximum atomic E-state index is 13.1. The van der Waals surface area contributed by atoms with E-state index in [0.717, 1.165) is 29.9 Å². The van der Waals surface area contributed by atoms with Gasteiger partial charge < -0.3 is 14.6 Å². The summed E-state index contributed by atoms with van der Waals surface area (Å²) in [5.41, 5.74) is 2.22. The lowest BCUT2D eigenvalue weighted by atomic mass is 10.1. The Morgan fingerprint density at radius 3 is 2.50 bits per heavy atom. The Balaban J connectivity index is 1.73. The summed E-state index contributed by atoms with van der Waals surface area (Å²) in [7, 11) is 0. The van der Waals surface area contributed by atoms with Crippen molar-refractivity contribution in [2.45, 2.75) is 45.9 Å². The van der Waals surface area contributed by atoms with Gasteiger partial charge in [0.15, 0.2) is 0 Å². The number of benzene rings is 2. The van der Waals surface area contributed by atoms with Gasteiger partial charge in [0, 0.05) is 30.9 Å². The van der Waals surface area contributed by atoms with Crippen molar-refractivity contribution in [1.29, 1.82) is 0 Å². The SMILES string of the molecule is CC(Oc1ccc2ccn(CCNC(C)(C)C)c2c1)c1ccc(F)cc1. The monoisotopic (exact) mass is 354 g/mol. The number of aromatic nitrogens is 1. The number of rotatable bonds is 6. The Morgan fingerprint density at radius 2 is 1.81 bits per heavy atom. The highest BCUT2D eigenvalue weighted by Gasteiger charge is 2.11. The first-order valence-corrected chi connectivity index (χ1v) is 9.08. The molecule has 0 amide bonds. The summed E-state index contributed by atoms with van der Waals surface area (Å²) in [6.45, 7) is 10.3. The van der Waals surface area contributed by atoms with Gasteiger partial charge in [0.2, 0.25) is 0 Å². The minimum absolute atomic E-state index is 0.113. The zero-order valence-corrected chi connectivity index (χ0v) is 15.9. The first-order valence-electron chi connectivity index (χ1n) is 9.08. The molecular weight excluding hydrogens is 327 g/mol. The summed E-state index contributed by atoms with van der Waals surface area (Å²) < 4.78 is 21.4. The van der Waals surface area contributed by atoms with E-state index in [0.29, 0.717) is 0 Å². The molecule has 0 radical (unpaired) electrons. The number of halogens is 1. The van der Waals surface area contributed by atoms with Gasteiger partial charge in [-0.15, -0.1) is 0 Å². The average Bonchev–Trinajstić information content (AvgIpc) is 2.97. The zero-order valence-electron chi connectivity index (χ0n) is 15.9. The molecule has 2 aromatic carbocycles. The molecule has 3 rings (SSSR count). The van der Waals surface area contributed by atoms with Gasteiger partial charge in [-0.1, -0.05) is 12.1 Å². The van der Waals surface area contributed by atoms with Gasteiger partial charge in [-0.05, 0) is 69.0 Å². The van der Waals surface area contributed by atoms with E-state index in [1.807, 2.05) is 13.0 Å². The quantitative estimate of drug-likeness (QED) is 0.649. The molecule has 3 nitrogen and oxygen atoms in total. The molecule has 0 aliphatic heterocycles. The second kappa shape index (κ2) is 7.50. The molecule has 0 aliphatic carbocycles. The van der Waals surface area contributed by atoms with Gasteiger partial charge in [0.25, 0.3) is 0 Å². The number of nitrogens with one attached hydrogen (secondary N) is 1. The third-order valence-electron chi connectivity index (χ3n) is 4.41. The summed E-state index contributed by atoms with van der Waals surface area (Å²) in [4.78, 5) is 0. The molecule has 1 N–H and O–H groups in total. The predicted molar refractivity (Wildman–Crippen MR) is 105 cm³/mol. The Morgan fingerprint density at radius 1 is 1.08 bits per heavy atom.